The Morgan fingerprint density at radius 2 is 1.16 bits per heavy atom. The number of H-pyrrole nitrogens is 2. The molecular formula is C63H69N13O7. The number of piperazine rings is 2. The van der Waals surface area contributed by atoms with E-state index in [1.165, 1.54) is 0 Å². The second-order valence-electron chi connectivity index (χ2n) is 21.5. The number of hydrazine groups is 2. The normalized spacial score (nSPS) is 19.3. The van der Waals surface area contributed by atoms with Gasteiger partial charge in [-0.2, -0.15) is 10.2 Å². The van der Waals surface area contributed by atoms with Gasteiger partial charge in [0.25, 0.3) is 0 Å². The Hall–Kier alpha value is -9.40. The van der Waals surface area contributed by atoms with Gasteiger partial charge < -0.3 is 30.0 Å². The van der Waals surface area contributed by atoms with E-state index < -0.39 is 24.4 Å². The number of hydrogen-bond acceptors (Lipinski definition) is 11. The van der Waals surface area contributed by atoms with Crippen molar-refractivity contribution in [2.45, 2.75) is 84.1 Å². The average molecular weight is 1120 g/mol. The van der Waals surface area contributed by atoms with Crippen LogP contribution < -0.4 is 5.32 Å². The van der Waals surface area contributed by atoms with Crippen molar-refractivity contribution < 1.29 is 33.9 Å². The Labute approximate surface area is 481 Å². The van der Waals surface area contributed by atoms with Gasteiger partial charge in [0.15, 0.2) is 0 Å². The van der Waals surface area contributed by atoms with Gasteiger partial charge >= 0.3 is 6.03 Å². The van der Waals surface area contributed by atoms with Crippen LogP contribution in [0.2, 0.25) is 0 Å². The van der Waals surface area contributed by atoms with E-state index in [0.29, 0.717) is 38.9 Å². The number of likely N-dealkylation sites (N-methyl/N-ethyl adjacent to an activating group) is 2. The first-order chi connectivity index (χ1) is 39.8. The first-order valence-electron chi connectivity index (χ1n) is 27.5. The van der Waals surface area contributed by atoms with Crippen molar-refractivity contribution in [2.24, 2.45) is 0 Å². The SMILES string of the molecule is C.CN1CC(=O)N2[C@@H](Cc3ccc(O)cc3)C(=O)N(Cc3cccc4[nH]ncc34)C[C@@H]2N1C(=O)NCc1ccccc1.Cc1ccc(C[C@H]2C(=O)N(Cc3ccc4cn[nH]c4c3)C[C@H]3N2C(=O)CN(C)N3C(=O)CCc2ccccc2)cc1. The number of fused-ring (bicyclic) bond motifs is 4. The summed E-state index contributed by atoms with van der Waals surface area (Å²) in [6.45, 7) is 3.39. The number of aromatic nitrogens is 4. The van der Waals surface area contributed by atoms with E-state index in [0.717, 1.165) is 60.8 Å². The van der Waals surface area contributed by atoms with Crippen LogP contribution in [0.3, 0.4) is 0 Å². The third-order valence-corrected chi connectivity index (χ3v) is 15.8. The number of hydrogen-bond donors (Lipinski definition) is 4. The van der Waals surface area contributed by atoms with Crippen LogP contribution in [0.1, 0.15) is 52.8 Å². The number of aromatic hydroxyl groups is 1. The van der Waals surface area contributed by atoms with Crippen molar-refractivity contribution in [1.82, 2.24) is 65.3 Å². The molecule has 0 spiro atoms. The van der Waals surface area contributed by atoms with Crippen LogP contribution >= 0.6 is 0 Å². The molecule has 4 atom stereocenters. The molecular weight excluding hydrogens is 1050 g/mol. The highest BCUT2D eigenvalue weighted by molar-refractivity contribution is 5.93. The number of benzene rings is 6. The van der Waals surface area contributed by atoms with Crippen LogP contribution in [0, 0.1) is 6.92 Å². The highest BCUT2D eigenvalue weighted by Crippen LogP contribution is 2.32. The van der Waals surface area contributed by atoms with E-state index >= 15 is 0 Å². The molecule has 4 N–H and O–H groups in total. The summed E-state index contributed by atoms with van der Waals surface area (Å²) in [5, 5.41) is 35.5. The van der Waals surface area contributed by atoms with Crippen LogP contribution in [-0.2, 0) is 62.9 Å². The smallest absolute Gasteiger partial charge is 0.334 e. The van der Waals surface area contributed by atoms with E-state index in [1.54, 1.807) is 90.4 Å². The Kier molecular flexibility index (Phi) is 17.0. The minimum Gasteiger partial charge on any atom is -0.508 e. The molecule has 6 aromatic carbocycles. The van der Waals surface area contributed by atoms with Gasteiger partial charge in [-0.3, -0.25) is 39.2 Å². The van der Waals surface area contributed by atoms with Gasteiger partial charge in [-0.15, -0.1) is 0 Å². The molecule has 0 bridgehead atoms. The van der Waals surface area contributed by atoms with Crippen LogP contribution in [0.5, 0.6) is 5.75 Å². The van der Waals surface area contributed by atoms with Gasteiger partial charge in [0, 0.05) is 63.8 Å². The third kappa shape index (κ3) is 12.3. The summed E-state index contributed by atoms with van der Waals surface area (Å²) in [7, 11) is 3.48. The monoisotopic (exact) mass is 1120 g/mol. The highest BCUT2D eigenvalue weighted by atomic mass is 16.3. The molecule has 0 radical (unpaired) electrons. The van der Waals surface area contributed by atoms with Gasteiger partial charge in [0.2, 0.25) is 29.5 Å². The molecule has 428 valence electrons. The number of phenols is 1. The molecule has 83 heavy (non-hydrogen) atoms. The Morgan fingerprint density at radius 1 is 0.602 bits per heavy atom. The first kappa shape index (κ1) is 56.9. The Morgan fingerprint density at radius 3 is 1.81 bits per heavy atom. The lowest BCUT2D eigenvalue weighted by Gasteiger charge is -2.54. The summed E-state index contributed by atoms with van der Waals surface area (Å²) in [6, 6.07) is 44.0. The fourth-order valence-electron chi connectivity index (χ4n) is 11.7. The van der Waals surface area contributed by atoms with Gasteiger partial charge in [0.1, 0.15) is 30.2 Å². The van der Waals surface area contributed by atoms with Crippen LogP contribution in [0.4, 0.5) is 4.79 Å². The summed E-state index contributed by atoms with van der Waals surface area (Å²) in [5.41, 5.74) is 8.56. The summed E-state index contributed by atoms with van der Waals surface area (Å²) < 4.78 is 0. The molecule has 8 aromatic rings. The lowest BCUT2D eigenvalue weighted by molar-refractivity contribution is -0.202. The molecule has 4 fully saturated rings. The van der Waals surface area contributed by atoms with E-state index in [2.05, 4.69) is 25.7 Å². The molecule has 20 heteroatoms. The summed E-state index contributed by atoms with van der Waals surface area (Å²) in [6.07, 6.45) is 3.74. The van der Waals surface area contributed by atoms with Crippen molar-refractivity contribution in [3.05, 3.63) is 197 Å². The van der Waals surface area contributed by atoms with Crippen molar-refractivity contribution in [3.8, 4) is 5.75 Å². The lowest BCUT2D eigenvalue weighted by atomic mass is 9.97. The van der Waals surface area contributed by atoms with E-state index in [-0.39, 0.29) is 81.3 Å². The molecule has 0 aliphatic carbocycles. The van der Waals surface area contributed by atoms with Crippen molar-refractivity contribution in [3.63, 3.8) is 0 Å². The predicted octanol–water partition coefficient (Wildman–Crippen LogP) is 6.39. The van der Waals surface area contributed by atoms with Gasteiger partial charge in [0.05, 0.1) is 49.6 Å². The molecule has 0 saturated carbocycles. The maximum atomic E-state index is 14.1. The Balaban J connectivity index is 0.000000183. The van der Waals surface area contributed by atoms with Crippen molar-refractivity contribution >= 4 is 57.4 Å². The number of rotatable bonds is 13. The quantitative estimate of drug-likeness (QED) is 0.0993. The summed E-state index contributed by atoms with van der Waals surface area (Å²) in [4.78, 5) is 89.3. The number of carbonyl (C=O) groups excluding carboxylic acids is 6. The summed E-state index contributed by atoms with van der Waals surface area (Å²) in [5.74, 6) is -0.625. The van der Waals surface area contributed by atoms with Gasteiger partial charge in [-0.1, -0.05) is 134 Å². The fraction of sp³-hybridized carbons (Fsp3) is 0.302. The maximum absolute atomic E-state index is 14.1. The number of aryl methyl sites for hydroxylation is 2. The molecule has 0 unspecified atom stereocenters. The van der Waals surface area contributed by atoms with Crippen LogP contribution in [0.15, 0.2) is 158 Å². The number of nitrogens with zero attached hydrogens (tertiary/aromatic N) is 10. The van der Waals surface area contributed by atoms with Gasteiger partial charge in [-0.05, 0) is 71.0 Å². The first-order valence-corrected chi connectivity index (χ1v) is 27.5. The standard InChI is InChI=1S/C32H34N6O3.C30H31N7O4.CH4/c1-22-8-10-24(11-9-22)17-28-32(41)36(19-25-12-14-26-18-33-34-27(26)16-25)20-29-37(28)31(40)21-35(2)38(29)30(39)15-13-23-6-4-3-5-7-23;1-34-19-28(39)36-26(14-20-10-12-23(38)13-11-20)29(40)35(17-22-8-5-9-25-24(22)16-32-33-25)18-27(36)37(34)30(41)31-15-21-6-3-2-4-7-21;/h3-12,14,16,18,28-29H,13,15,17,19-21H2,1-2H3,(H,33,34);2-13,16,26-27,38H,14-15,17-19H2,1H3,(H,31,41)(H,32,33);1H4/t28-,29-;26-,27-;/m00./s1. The number of nitrogens with one attached hydrogen (secondary N) is 3. The lowest BCUT2D eigenvalue weighted by Crippen LogP contribution is -2.76. The van der Waals surface area contributed by atoms with E-state index in [4.69, 9.17) is 0 Å². The minimum atomic E-state index is -0.826. The molecule has 4 saturated heterocycles. The number of urea groups is 1. The molecule has 4 aliphatic rings. The second kappa shape index (κ2) is 24.8. The Bertz CT molecular complexity index is 3610. The van der Waals surface area contributed by atoms with Crippen LogP contribution in [0.25, 0.3) is 21.8 Å². The number of aromatic amines is 2. The van der Waals surface area contributed by atoms with Gasteiger partial charge in [-0.25, -0.2) is 19.8 Å². The van der Waals surface area contributed by atoms with E-state index in [9.17, 15) is 33.9 Å². The molecule has 7 amide bonds. The van der Waals surface area contributed by atoms with Crippen molar-refractivity contribution in [2.75, 3.05) is 40.3 Å². The predicted molar refractivity (Wildman–Crippen MR) is 313 cm³/mol. The molecule has 12 rings (SSSR count). The largest absolute Gasteiger partial charge is 0.508 e. The topological polar surface area (TPSA) is 218 Å². The second-order valence-corrected chi connectivity index (χ2v) is 21.5. The van der Waals surface area contributed by atoms with E-state index in [1.807, 2.05) is 128 Å². The maximum Gasteiger partial charge on any atom is 0.334 e. The average Bonchev–Trinajstić information content (AvgIpc) is 4.28. The third-order valence-electron chi connectivity index (χ3n) is 15.8. The molecule has 20 nitrogen and oxygen atoms in total. The minimum absolute atomic E-state index is 0. The summed E-state index contributed by atoms with van der Waals surface area (Å²) >= 11 is 0. The zero-order chi connectivity index (χ0) is 57.0. The zero-order valence-corrected chi connectivity index (χ0v) is 46.0. The molecule has 6 heterocycles. The molecule has 2 aromatic heterocycles. The molecule has 4 aliphatic heterocycles. The zero-order valence-electron chi connectivity index (χ0n) is 46.0. The highest BCUT2D eigenvalue weighted by Gasteiger charge is 2.52. The number of amides is 7. The van der Waals surface area contributed by atoms with Crippen LogP contribution in [-0.4, -0.2) is 165 Å². The number of carbonyl (C=O) groups is 6. The fourth-order valence-corrected chi connectivity index (χ4v) is 11.7. The van der Waals surface area contributed by atoms with Crippen molar-refractivity contribution in [1.29, 1.82) is 0 Å². The number of phenolic OH excluding ortho intramolecular Hbond substituents is 1.